The number of hydrogen-bond donors (Lipinski definition) is 6. The fraction of sp³-hybridized carbons (Fsp3) is 0.292. The summed E-state index contributed by atoms with van der Waals surface area (Å²) in [7, 11) is 0. The largest absolute Gasteiger partial charge is 0.511 e. The Bertz CT molecular complexity index is 1340. The number of carbonyl (C=O) groups is 3. The van der Waals surface area contributed by atoms with E-state index in [1.165, 1.54) is 12.3 Å². The maximum absolute atomic E-state index is 13.6. The Morgan fingerprint density at radius 1 is 1.18 bits per heavy atom. The Morgan fingerprint density at radius 2 is 1.88 bits per heavy atom. The van der Waals surface area contributed by atoms with Crippen molar-refractivity contribution in [2.75, 3.05) is 0 Å². The van der Waals surface area contributed by atoms with E-state index in [1.54, 1.807) is 25.1 Å². The molecule has 0 bridgehead atoms. The van der Waals surface area contributed by atoms with E-state index >= 15 is 0 Å². The first kappa shape index (κ1) is 21.9. The number of phenols is 1. The highest BCUT2D eigenvalue weighted by molar-refractivity contribution is 6.24. The number of phenolic OH excluding ortho intramolecular Hbond substituents is 1. The number of benzene rings is 1. The summed E-state index contributed by atoms with van der Waals surface area (Å²) in [5.74, 6) is -8.61. The van der Waals surface area contributed by atoms with Crippen molar-refractivity contribution in [2.24, 2.45) is 17.6 Å². The minimum absolute atomic E-state index is 0.162. The Labute approximate surface area is 192 Å². The van der Waals surface area contributed by atoms with Gasteiger partial charge in [-0.15, -0.1) is 0 Å². The van der Waals surface area contributed by atoms with Gasteiger partial charge in [-0.05, 0) is 35.7 Å². The molecule has 1 amide bonds. The molecule has 5 rings (SSSR count). The lowest BCUT2D eigenvalue weighted by Gasteiger charge is -2.50. The predicted octanol–water partition coefficient (Wildman–Crippen LogP) is 1.37. The maximum atomic E-state index is 13.6. The second-order valence-electron chi connectivity index (χ2n) is 8.89. The lowest BCUT2D eigenvalue weighted by molar-refractivity contribution is -0.154. The maximum Gasteiger partial charge on any atom is 0.255 e. The van der Waals surface area contributed by atoms with Crippen molar-refractivity contribution < 1.29 is 44.3 Å². The molecule has 1 aromatic heterocycles. The minimum Gasteiger partial charge on any atom is -0.511 e. The molecule has 34 heavy (non-hydrogen) atoms. The van der Waals surface area contributed by atoms with Crippen LogP contribution in [0.25, 0.3) is 11.3 Å². The van der Waals surface area contributed by atoms with Gasteiger partial charge in [0.2, 0.25) is 5.78 Å². The van der Waals surface area contributed by atoms with E-state index < -0.39 is 81.8 Å². The summed E-state index contributed by atoms with van der Waals surface area (Å²) in [6, 6.07) is 6.16. The van der Waals surface area contributed by atoms with E-state index in [-0.39, 0.29) is 5.56 Å². The fourth-order valence-electron chi connectivity index (χ4n) is 5.72. The minimum atomic E-state index is -2.86. The van der Waals surface area contributed by atoms with Crippen LogP contribution < -0.4 is 5.73 Å². The highest BCUT2D eigenvalue weighted by Crippen LogP contribution is 2.56. The molecule has 3 aliphatic rings. The summed E-state index contributed by atoms with van der Waals surface area (Å²) in [5.41, 5.74) is 1.66. The molecule has 1 heterocycles. The van der Waals surface area contributed by atoms with E-state index in [2.05, 4.69) is 0 Å². The van der Waals surface area contributed by atoms with Crippen LogP contribution in [0.15, 0.2) is 57.6 Å². The molecule has 0 radical (unpaired) electrons. The number of Topliss-reactive ketones (excluding diaryl/α,β-unsaturated/α-hetero) is 2. The smallest absolute Gasteiger partial charge is 0.255 e. The van der Waals surface area contributed by atoms with Gasteiger partial charge in [0.05, 0.1) is 17.9 Å². The molecule has 0 aliphatic heterocycles. The van der Waals surface area contributed by atoms with Crippen LogP contribution in [0, 0.1) is 11.8 Å². The number of hydrogen-bond acceptors (Lipinski definition) is 9. The Morgan fingerprint density at radius 3 is 2.50 bits per heavy atom. The van der Waals surface area contributed by atoms with Crippen molar-refractivity contribution in [3.63, 3.8) is 0 Å². The van der Waals surface area contributed by atoms with Crippen LogP contribution >= 0.6 is 0 Å². The number of fused-ring (bicyclic) bond motifs is 3. The van der Waals surface area contributed by atoms with Crippen LogP contribution in [0.4, 0.5) is 0 Å². The van der Waals surface area contributed by atoms with Crippen LogP contribution in [0.5, 0.6) is 5.75 Å². The number of amides is 1. The second kappa shape index (κ2) is 7.05. The molecule has 10 nitrogen and oxygen atoms in total. The molecule has 3 aliphatic carbocycles. The van der Waals surface area contributed by atoms with Gasteiger partial charge in [-0.2, -0.15) is 0 Å². The third-order valence-electron chi connectivity index (χ3n) is 7.26. The number of nitrogens with two attached hydrogens (primary N) is 1. The molecular weight excluding hydrogens is 446 g/mol. The monoisotopic (exact) mass is 467 g/mol. The molecule has 0 unspecified atom stereocenters. The summed E-state index contributed by atoms with van der Waals surface area (Å²) in [4.78, 5) is 38.4. The topological polar surface area (TPSA) is 192 Å². The van der Waals surface area contributed by atoms with Crippen molar-refractivity contribution in [2.45, 2.75) is 31.0 Å². The molecular formula is C24H21NO9. The van der Waals surface area contributed by atoms with Crippen molar-refractivity contribution >= 4 is 17.5 Å². The lowest BCUT2D eigenvalue weighted by Crippen LogP contribution is -2.62. The molecule has 176 valence electrons. The van der Waals surface area contributed by atoms with Gasteiger partial charge in [0, 0.05) is 29.4 Å². The molecule has 10 heteroatoms. The fourth-order valence-corrected chi connectivity index (χ4v) is 5.72. The number of aromatic hydroxyl groups is 1. The van der Waals surface area contributed by atoms with E-state index in [9.17, 15) is 39.9 Å². The van der Waals surface area contributed by atoms with Gasteiger partial charge >= 0.3 is 0 Å². The van der Waals surface area contributed by atoms with Gasteiger partial charge < -0.3 is 35.7 Å². The summed E-state index contributed by atoms with van der Waals surface area (Å²) in [6.45, 7) is 1.66. The van der Waals surface area contributed by atoms with Crippen LogP contribution in [0.2, 0.25) is 0 Å². The van der Waals surface area contributed by atoms with Gasteiger partial charge in [-0.1, -0.05) is 6.92 Å². The van der Waals surface area contributed by atoms with Crippen LogP contribution in [-0.2, 0) is 9.59 Å². The number of primary amides is 1. The van der Waals surface area contributed by atoms with Gasteiger partial charge in [-0.25, -0.2) is 0 Å². The van der Waals surface area contributed by atoms with Gasteiger partial charge in [0.25, 0.3) is 5.91 Å². The summed E-state index contributed by atoms with van der Waals surface area (Å²) >= 11 is 0. The Hall–Kier alpha value is -3.89. The zero-order chi connectivity index (χ0) is 24.7. The summed E-state index contributed by atoms with van der Waals surface area (Å²) in [6.07, 6.45) is -0.681. The molecule has 0 spiro atoms. The first-order valence-corrected chi connectivity index (χ1v) is 10.6. The van der Waals surface area contributed by atoms with Crippen molar-refractivity contribution in [1.82, 2.24) is 0 Å². The summed E-state index contributed by atoms with van der Waals surface area (Å²) in [5, 5.41) is 54.5. The summed E-state index contributed by atoms with van der Waals surface area (Å²) < 4.78 is 5.47. The number of rotatable bonds is 2. The van der Waals surface area contributed by atoms with Gasteiger partial charge in [-0.3, -0.25) is 14.4 Å². The molecule has 7 N–H and O–H groups in total. The lowest BCUT2D eigenvalue weighted by atomic mass is 9.56. The molecule has 2 aromatic rings. The average molecular weight is 467 g/mol. The number of aliphatic hydroxyl groups is 4. The second-order valence-corrected chi connectivity index (χ2v) is 8.89. The highest BCUT2D eigenvalue weighted by atomic mass is 16.4. The van der Waals surface area contributed by atoms with Crippen LogP contribution in [0.1, 0.15) is 35.2 Å². The molecule has 0 saturated carbocycles. The quantitative estimate of drug-likeness (QED) is 0.354. The van der Waals surface area contributed by atoms with Crippen LogP contribution in [-0.4, -0.2) is 54.7 Å². The third kappa shape index (κ3) is 2.54. The Kier molecular flexibility index (Phi) is 4.55. The number of allylic oxidation sites excluding steroid dienone is 1. The number of aliphatic hydroxyl groups excluding tert-OH is 3. The van der Waals surface area contributed by atoms with Gasteiger partial charge in [0.15, 0.2) is 11.4 Å². The van der Waals surface area contributed by atoms with E-state index in [1.807, 2.05) is 0 Å². The van der Waals surface area contributed by atoms with Gasteiger partial charge in [0.1, 0.15) is 28.6 Å². The molecule has 5 atom stereocenters. The number of carbonyl (C=O) groups excluding carboxylic acids is 3. The zero-order valence-electron chi connectivity index (χ0n) is 17.8. The zero-order valence-corrected chi connectivity index (χ0v) is 17.8. The van der Waals surface area contributed by atoms with Crippen LogP contribution in [0.3, 0.4) is 0 Å². The van der Waals surface area contributed by atoms with E-state index in [0.717, 1.165) is 0 Å². The molecule has 1 aromatic carbocycles. The van der Waals surface area contributed by atoms with E-state index in [0.29, 0.717) is 16.9 Å². The number of ketones is 2. The standard InChI is InChI=1S/C24H21NO9/c1-8-14-9(13-3-2-6-34-13)4-5-11(26)16(14)20(29)18-15(8)19(28)10-7-12(27)17(23(25)32)21(30)24(10,33)22(18)31/h2-6,8,10,15,19,26-28,31,33H,7H2,1H3,(H2,25,32)/t8-,10+,15+,19+,24+/m0/s1. The highest BCUT2D eigenvalue weighted by Gasteiger charge is 2.64. The SMILES string of the molecule is C[C@H]1c2c(-c3ccco3)ccc(O)c2C(=O)C2=C(O)[C@]3(O)C(=O)C(C(N)=O)=C(O)C[C@@H]3[C@@H](O)[C@@H]21. The molecule has 0 fully saturated rings. The first-order valence-electron chi connectivity index (χ1n) is 10.6. The molecule has 0 saturated heterocycles. The first-order chi connectivity index (χ1) is 16.0. The predicted molar refractivity (Wildman–Crippen MR) is 115 cm³/mol. The van der Waals surface area contributed by atoms with E-state index in [4.69, 9.17) is 10.2 Å². The third-order valence-corrected chi connectivity index (χ3v) is 7.26. The van der Waals surface area contributed by atoms with Crippen molar-refractivity contribution in [3.8, 4) is 17.1 Å². The van der Waals surface area contributed by atoms with Crippen molar-refractivity contribution in [1.29, 1.82) is 0 Å². The Balaban J connectivity index is 1.78. The normalized spacial score (nSPS) is 30.7. The van der Waals surface area contributed by atoms with Crippen molar-refractivity contribution in [3.05, 3.63) is 64.3 Å². The average Bonchev–Trinajstić information content (AvgIpc) is 3.31. The number of furan rings is 1.